The Morgan fingerprint density at radius 2 is 1.68 bits per heavy atom. The molecule has 0 aliphatic heterocycles. The lowest BCUT2D eigenvalue weighted by Gasteiger charge is -2.18. The van der Waals surface area contributed by atoms with Crippen LogP contribution in [0, 0.1) is 5.82 Å². The number of nitrogen functional groups attached to an aromatic ring is 1. The molecule has 0 amide bonds. The number of benzene rings is 4. The molecule has 0 bridgehead atoms. The summed E-state index contributed by atoms with van der Waals surface area (Å²) in [4.78, 5) is 24.3. The molecule has 0 saturated carbocycles. The number of aromatic nitrogens is 4. The summed E-state index contributed by atoms with van der Waals surface area (Å²) in [6, 6.07) is 28.9. The first kappa shape index (κ1) is 32.4. The minimum absolute atomic E-state index is 0.178. The number of nitrogens with zero attached hydrogens (tertiary/aromatic N) is 5. The van der Waals surface area contributed by atoms with E-state index in [1.165, 1.54) is 18.5 Å². The molecule has 0 spiro atoms. The molecule has 3 heterocycles. The molecular weight excluding hydrogens is 631 g/mol. The van der Waals surface area contributed by atoms with E-state index in [4.69, 9.17) is 20.0 Å². The smallest absolute Gasteiger partial charge is 0.343 e. The minimum Gasteiger partial charge on any atom is -0.489 e. The molecule has 0 saturated heterocycles. The van der Waals surface area contributed by atoms with Crippen LogP contribution in [0.25, 0.3) is 50.3 Å². The Balaban J connectivity index is 1.34. The highest BCUT2D eigenvalue weighted by atomic mass is 19.1. The van der Waals surface area contributed by atoms with E-state index in [0.717, 1.165) is 34.2 Å². The molecule has 10 heteroatoms. The highest BCUT2D eigenvalue weighted by Gasteiger charge is 2.27. The number of nitrogens with two attached hydrogens (primary N) is 1. The molecule has 1 atom stereocenters. The molecule has 250 valence electrons. The van der Waals surface area contributed by atoms with Crippen molar-refractivity contribution in [3.8, 4) is 28.1 Å². The highest BCUT2D eigenvalue weighted by Crippen LogP contribution is 2.39. The van der Waals surface area contributed by atoms with Gasteiger partial charge in [-0.05, 0) is 55.9 Å². The fourth-order valence-corrected chi connectivity index (χ4v) is 6.07. The Kier molecular flexibility index (Phi) is 8.93. The van der Waals surface area contributed by atoms with Crippen molar-refractivity contribution in [2.24, 2.45) is 0 Å². The number of anilines is 1. The van der Waals surface area contributed by atoms with Gasteiger partial charge in [0.2, 0.25) is 0 Å². The second kappa shape index (κ2) is 13.8. The Morgan fingerprint density at radius 1 is 0.940 bits per heavy atom. The van der Waals surface area contributed by atoms with Crippen LogP contribution < -0.4 is 16.1 Å². The third kappa shape index (κ3) is 6.48. The van der Waals surface area contributed by atoms with Crippen LogP contribution in [0.4, 0.5) is 10.2 Å². The molecule has 0 aliphatic rings. The lowest BCUT2D eigenvalue weighted by Crippen LogP contribution is -2.14. The first-order valence-electron chi connectivity index (χ1n) is 16.2. The van der Waals surface area contributed by atoms with Gasteiger partial charge in [0.25, 0.3) is 0 Å². The summed E-state index contributed by atoms with van der Waals surface area (Å²) in [5.74, 6) is 0.402. The van der Waals surface area contributed by atoms with E-state index in [9.17, 15) is 4.79 Å². The number of likely N-dealkylation sites (N-methyl/N-ethyl adjacent to an activating group) is 1. The standard InChI is InChI=1S/C40H35FN6O3/c1-25(37-34(32-13-7-8-14-33(32)40(48)50-37)28-17-15-26(16-18-28)12-9-19-46(2)3)47-39-35(38(42)43-24-44-39)36(45-47)29-20-30(41)22-31(21-29)49-23-27-10-5-4-6-11-27/h4-18,20-22,24-25H,19,23H2,1-3H3,(H2,42,43,44)/b12-9+. The number of hydrogen-bond acceptors (Lipinski definition) is 8. The third-order valence-corrected chi connectivity index (χ3v) is 8.50. The van der Waals surface area contributed by atoms with Crippen LogP contribution in [0.5, 0.6) is 5.75 Å². The zero-order valence-corrected chi connectivity index (χ0v) is 27.9. The molecule has 4 aromatic carbocycles. The molecule has 2 N–H and O–H groups in total. The van der Waals surface area contributed by atoms with Gasteiger partial charge in [-0.15, -0.1) is 0 Å². The van der Waals surface area contributed by atoms with Gasteiger partial charge in [0, 0.05) is 29.1 Å². The van der Waals surface area contributed by atoms with Crippen molar-refractivity contribution in [3.05, 3.63) is 143 Å². The Labute approximate surface area is 288 Å². The molecule has 7 aromatic rings. The van der Waals surface area contributed by atoms with Crippen molar-refractivity contribution in [1.82, 2.24) is 24.6 Å². The summed E-state index contributed by atoms with van der Waals surface area (Å²) >= 11 is 0. The first-order valence-corrected chi connectivity index (χ1v) is 16.2. The third-order valence-electron chi connectivity index (χ3n) is 8.50. The van der Waals surface area contributed by atoms with Gasteiger partial charge in [-0.3, -0.25) is 0 Å². The summed E-state index contributed by atoms with van der Waals surface area (Å²) in [7, 11) is 4.04. The van der Waals surface area contributed by atoms with E-state index in [2.05, 4.69) is 27.0 Å². The van der Waals surface area contributed by atoms with Crippen LogP contribution in [0.2, 0.25) is 0 Å². The molecule has 0 radical (unpaired) electrons. The van der Waals surface area contributed by atoms with Gasteiger partial charge in [0.05, 0.1) is 10.8 Å². The summed E-state index contributed by atoms with van der Waals surface area (Å²) in [5.41, 5.74) is 10.8. The molecule has 50 heavy (non-hydrogen) atoms. The van der Waals surface area contributed by atoms with E-state index in [1.807, 2.05) is 93.8 Å². The lowest BCUT2D eigenvalue weighted by atomic mass is 9.95. The average molecular weight is 667 g/mol. The number of ether oxygens (including phenoxy) is 1. The van der Waals surface area contributed by atoms with Crippen LogP contribution in [0.15, 0.2) is 119 Å². The zero-order valence-electron chi connectivity index (χ0n) is 27.9. The van der Waals surface area contributed by atoms with Crippen molar-refractivity contribution >= 4 is 33.7 Å². The van der Waals surface area contributed by atoms with E-state index < -0.39 is 17.5 Å². The summed E-state index contributed by atoms with van der Waals surface area (Å²) in [5, 5.41) is 6.60. The molecule has 9 nitrogen and oxygen atoms in total. The molecule has 0 fully saturated rings. The summed E-state index contributed by atoms with van der Waals surface area (Å²) < 4.78 is 28.8. The number of hydrogen-bond donors (Lipinski definition) is 1. The van der Waals surface area contributed by atoms with Gasteiger partial charge in [-0.1, -0.05) is 84.9 Å². The van der Waals surface area contributed by atoms with Crippen molar-refractivity contribution in [2.75, 3.05) is 26.4 Å². The number of rotatable bonds is 10. The fraction of sp³-hybridized carbons (Fsp3) is 0.150. The van der Waals surface area contributed by atoms with E-state index in [-0.39, 0.29) is 12.4 Å². The maximum atomic E-state index is 15.1. The van der Waals surface area contributed by atoms with Gasteiger partial charge in [-0.2, -0.15) is 5.10 Å². The first-order chi connectivity index (χ1) is 24.3. The molecule has 1 unspecified atom stereocenters. The van der Waals surface area contributed by atoms with Crippen LogP contribution >= 0.6 is 0 Å². The van der Waals surface area contributed by atoms with Gasteiger partial charge >= 0.3 is 5.63 Å². The molecule has 0 aliphatic carbocycles. The summed E-state index contributed by atoms with van der Waals surface area (Å²) in [6.45, 7) is 2.96. The lowest BCUT2D eigenvalue weighted by molar-refractivity contribution is 0.305. The predicted molar refractivity (Wildman–Crippen MR) is 195 cm³/mol. The van der Waals surface area contributed by atoms with Crippen molar-refractivity contribution in [2.45, 2.75) is 19.6 Å². The normalized spacial score (nSPS) is 12.3. The van der Waals surface area contributed by atoms with Gasteiger partial charge in [0.15, 0.2) is 5.65 Å². The van der Waals surface area contributed by atoms with Gasteiger partial charge in [0.1, 0.15) is 47.8 Å². The molecular formula is C40H35FN6O3. The fourth-order valence-electron chi connectivity index (χ4n) is 6.07. The minimum atomic E-state index is -0.644. The summed E-state index contributed by atoms with van der Waals surface area (Å²) in [6.07, 6.45) is 5.53. The van der Waals surface area contributed by atoms with Crippen LogP contribution in [-0.2, 0) is 6.61 Å². The Bertz CT molecular complexity index is 2400. The van der Waals surface area contributed by atoms with E-state index in [0.29, 0.717) is 39.2 Å². The van der Waals surface area contributed by atoms with E-state index >= 15 is 4.39 Å². The molecule has 7 rings (SSSR count). The van der Waals surface area contributed by atoms with Crippen LogP contribution in [-0.4, -0.2) is 45.3 Å². The monoisotopic (exact) mass is 666 g/mol. The van der Waals surface area contributed by atoms with E-state index in [1.54, 1.807) is 16.8 Å². The number of fused-ring (bicyclic) bond motifs is 2. The quantitative estimate of drug-likeness (QED) is 0.158. The van der Waals surface area contributed by atoms with Crippen molar-refractivity contribution in [3.63, 3.8) is 0 Å². The van der Waals surface area contributed by atoms with Gasteiger partial charge < -0.3 is 19.8 Å². The van der Waals surface area contributed by atoms with Crippen molar-refractivity contribution in [1.29, 1.82) is 0 Å². The largest absolute Gasteiger partial charge is 0.489 e. The average Bonchev–Trinajstić information content (AvgIpc) is 3.52. The Morgan fingerprint density at radius 3 is 2.44 bits per heavy atom. The SMILES string of the molecule is CC(c1oc(=O)c2ccccc2c1-c1ccc(/C=C/CN(C)C)cc1)n1nc(-c2cc(F)cc(OCc3ccccc3)c2)c2c(N)ncnc21. The number of halogens is 1. The maximum absolute atomic E-state index is 15.1. The molecule has 3 aromatic heterocycles. The van der Waals surface area contributed by atoms with Gasteiger partial charge in [-0.25, -0.2) is 23.8 Å². The zero-order chi connectivity index (χ0) is 34.8. The second-order valence-electron chi connectivity index (χ2n) is 12.3. The second-order valence-corrected chi connectivity index (χ2v) is 12.3. The van der Waals surface area contributed by atoms with Crippen molar-refractivity contribution < 1.29 is 13.5 Å². The Hall–Kier alpha value is -6.13. The highest BCUT2D eigenvalue weighted by molar-refractivity contribution is 5.99. The predicted octanol–water partition coefficient (Wildman–Crippen LogP) is 7.75. The van der Waals surface area contributed by atoms with Crippen LogP contribution in [0.1, 0.15) is 29.9 Å². The maximum Gasteiger partial charge on any atom is 0.343 e. The van der Waals surface area contributed by atoms with Crippen LogP contribution in [0.3, 0.4) is 0 Å². The topological polar surface area (TPSA) is 112 Å².